The zero-order valence-electron chi connectivity index (χ0n) is 7.54. The van der Waals surface area contributed by atoms with Crippen LogP contribution in [0.4, 0.5) is 0 Å². The summed E-state index contributed by atoms with van der Waals surface area (Å²) in [6.07, 6.45) is 5.15. The molecule has 2 nitrogen and oxygen atoms in total. The third-order valence-corrected chi connectivity index (χ3v) is 1.42. The number of aliphatic hydroxyl groups excluding tert-OH is 1. The molecule has 0 bridgehead atoms. The molecule has 1 atom stereocenters. The summed E-state index contributed by atoms with van der Waals surface area (Å²) in [6, 6.07) is 0. The van der Waals surface area contributed by atoms with Crippen molar-refractivity contribution in [3.8, 4) is 0 Å². The topological polar surface area (TPSA) is 32.6 Å². The Kier molecular flexibility index (Phi) is 5.53. The van der Waals surface area contributed by atoms with Crippen LogP contribution in [0.2, 0.25) is 0 Å². The minimum Gasteiger partial charge on any atom is -0.511 e. The van der Waals surface area contributed by atoms with Crippen LogP contribution in [0.5, 0.6) is 0 Å². The maximum atomic E-state index is 8.95. The van der Waals surface area contributed by atoms with Gasteiger partial charge in [-0.3, -0.25) is 4.99 Å². The summed E-state index contributed by atoms with van der Waals surface area (Å²) >= 11 is 0. The first-order valence-electron chi connectivity index (χ1n) is 4.20. The van der Waals surface area contributed by atoms with E-state index in [-0.39, 0.29) is 0 Å². The van der Waals surface area contributed by atoms with E-state index < -0.39 is 0 Å². The predicted octanol–water partition coefficient (Wildman–Crippen LogP) is 2.91. The van der Waals surface area contributed by atoms with Crippen molar-refractivity contribution in [3.05, 3.63) is 12.0 Å². The molecule has 0 radical (unpaired) electrons. The van der Waals surface area contributed by atoms with Gasteiger partial charge >= 0.3 is 0 Å². The number of aliphatic imine (C=N–C) groups is 1. The van der Waals surface area contributed by atoms with Crippen molar-refractivity contribution in [3.63, 3.8) is 0 Å². The van der Waals surface area contributed by atoms with Crippen LogP contribution in [0.3, 0.4) is 0 Å². The molecule has 0 saturated carbocycles. The normalized spacial score (nSPS) is 22.8. The summed E-state index contributed by atoms with van der Waals surface area (Å²) in [6.45, 7) is 6.09. The van der Waals surface area contributed by atoms with Crippen LogP contribution in [0, 0.1) is 5.92 Å². The van der Waals surface area contributed by atoms with E-state index in [0.29, 0.717) is 11.7 Å². The zero-order valence-corrected chi connectivity index (χ0v) is 7.54. The van der Waals surface area contributed by atoms with Gasteiger partial charge in [-0.15, -0.1) is 0 Å². The molecule has 0 saturated heterocycles. The molecule has 0 aromatic carbocycles. The summed E-state index contributed by atoms with van der Waals surface area (Å²) in [7, 11) is 0. The van der Waals surface area contributed by atoms with Crippen LogP contribution in [0.15, 0.2) is 17.0 Å². The highest BCUT2D eigenvalue weighted by atomic mass is 16.3. The number of rotatable bonds is 0. The largest absolute Gasteiger partial charge is 0.511 e. The Morgan fingerprint density at radius 1 is 1.55 bits per heavy atom. The van der Waals surface area contributed by atoms with Crippen LogP contribution < -0.4 is 0 Å². The second-order valence-electron chi connectivity index (χ2n) is 2.43. The van der Waals surface area contributed by atoms with E-state index in [2.05, 4.69) is 11.9 Å². The van der Waals surface area contributed by atoms with Gasteiger partial charge in [0.15, 0.2) is 0 Å². The van der Waals surface area contributed by atoms with Crippen LogP contribution in [0.25, 0.3) is 0 Å². The van der Waals surface area contributed by atoms with E-state index >= 15 is 0 Å². The van der Waals surface area contributed by atoms with Gasteiger partial charge in [0, 0.05) is 12.6 Å². The summed E-state index contributed by atoms with van der Waals surface area (Å²) < 4.78 is 0. The third kappa shape index (κ3) is 4.59. The van der Waals surface area contributed by atoms with Crippen LogP contribution in [0.1, 0.15) is 33.6 Å². The number of hydrogen-bond acceptors (Lipinski definition) is 2. The second-order valence-corrected chi connectivity index (χ2v) is 2.43. The first kappa shape index (κ1) is 10.2. The molecule has 1 aliphatic rings. The standard InChI is InChI=1S/C7H11NO.C2H6/c1-6-2-3-7(9)5-8-4-6;1-2/h4-6,9H,2-3H2,1H3;1-2H3. The molecule has 0 fully saturated rings. The van der Waals surface area contributed by atoms with Gasteiger partial charge in [-0.2, -0.15) is 0 Å². The van der Waals surface area contributed by atoms with Gasteiger partial charge < -0.3 is 5.11 Å². The Bertz CT molecular complexity index is 150. The van der Waals surface area contributed by atoms with Crippen LogP contribution in [-0.2, 0) is 0 Å². The van der Waals surface area contributed by atoms with Crippen molar-refractivity contribution in [2.45, 2.75) is 33.6 Å². The Morgan fingerprint density at radius 3 is 2.82 bits per heavy atom. The van der Waals surface area contributed by atoms with E-state index in [0.717, 1.165) is 12.8 Å². The summed E-state index contributed by atoms with van der Waals surface area (Å²) in [5.41, 5.74) is 0. The van der Waals surface area contributed by atoms with Gasteiger partial charge in [-0.1, -0.05) is 20.8 Å². The lowest BCUT2D eigenvalue weighted by molar-refractivity contribution is 0.379. The molecule has 1 rings (SSSR count). The number of allylic oxidation sites excluding steroid dienone is 1. The maximum absolute atomic E-state index is 8.95. The quantitative estimate of drug-likeness (QED) is 0.573. The average molecular weight is 155 g/mol. The molecule has 0 aromatic heterocycles. The highest BCUT2D eigenvalue weighted by Gasteiger charge is 2.02. The Labute approximate surface area is 68.7 Å². The summed E-state index contributed by atoms with van der Waals surface area (Å²) in [5, 5.41) is 8.95. The molecule has 1 N–H and O–H groups in total. The van der Waals surface area contributed by atoms with Crippen molar-refractivity contribution in [2.75, 3.05) is 0 Å². The second kappa shape index (κ2) is 5.96. The monoisotopic (exact) mass is 155 g/mol. The molecular formula is C9H17NO. The molecule has 0 amide bonds. The molecule has 0 spiro atoms. The summed E-state index contributed by atoms with van der Waals surface area (Å²) in [5.74, 6) is 0.904. The lowest BCUT2D eigenvalue weighted by Gasteiger charge is -1.98. The van der Waals surface area contributed by atoms with E-state index in [1.54, 1.807) is 0 Å². The van der Waals surface area contributed by atoms with Crippen LogP contribution in [-0.4, -0.2) is 11.3 Å². The SMILES string of the molecule is CC.CC1C=NC=C(O)CC1. The van der Waals surface area contributed by atoms with Crippen molar-refractivity contribution in [2.24, 2.45) is 10.9 Å². The Morgan fingerprint density at radius 2 is 2.18 bits per heavy atom. The Balaban J connectivity index is 0.000000461. The molecular weight excluding hydrogens is 138 g/mol. The zero-order chi connectivity index (χ0) is 8.69. The van der Waals surface area contributed by atoms with E-state index in [9.17, 15) is 0 Å². The van der Waals surface area contributed by atoms with Gasteiger partial charge in [-0.05, 0) is 12.3 Å². The van der Waals surface area contributed by atoms with Gasteiger partial charge in [0.1, 0.15) is 5.76 Å². The Hall–Kier alpha value is -0.790. The number of hydrogen-bond donors (Lipinski definition) is 1. The average Bonchev–Trinajstić information content (AvgIpc) is 2.20. The van der Waals surface area contributed by atoms with Gasteiger partial charge in [0.2, 0.25) is 0 Å². The minimum atomic E-state index is 0.399. The van der Waals surface area contributed by atoms with E-state index in [1.165, 1.54) is 6.20 Å². The number of nitrogens with zero attached hydrogens (tertiary/aromatic N) is 1. The third-order valence-electron chi connectivity index (χ3n) is 1.42. The van der Waals surface area contributed by atoms with Crippen molar-refractivity contribution < 1.29 is 5.11 Å². The van der Waals surface area contributed by atoms with Crippen molar-refractivity contribution >= 4 is 6.21 Å². The van der Waals surface area contributed by atoms with Gasteiger partial charge in [0.05, 0.1) is 6.20 Å². The highest BCUT2D eigenvalue weighted by Crippen LogP contribution is 2.11. The van der Waals surface area contributed by atoms with Gasteiger partial charge in [-0.25, -0.2) is 0 Å². The fraction of sp³-hybridized carbons (Fsp3) is 0.667. The van der Waals surface area contributed by atoms with Crippen LogP contribution >= 0.6 is 0 Å². The van der Waals surface area contributed by atoms with E-state index in [4.69, 9.17) is 5.11 Å². The molecule has 1 heterocycles. The molecule has 11 heavy (non-hydrogen) atoms. The first-order valence-corrected chi connectivity index (χ1v) is 4.20. The first-order chi connectivity index (χ1) is 5.29. The fourth-order valence-electron chi connectivity index (χ4n) is 0.791. The lowest BCUT2D eigenvalue weighted by atomic mass is 10.1. The molecule has 64 valence electrons. The smallest absolute Gasteiger partial charge is 0.110 e. The molecule has 0 aliphatic carbocycles. The van der Waals surface area contributed by atoms with Crippen molar-refractivity contribution in [1.29, 1.82) is 0 Å². The van der Waals surface area contributed by atoms with Crippen molar-refractivity contribution in [1.82, 2.24) is 0 Å². The maximum Gasteiger partial charge on any atom is 0.110 e. The molecule has 1 aliphatic heterocycles. The van der Waals surface area contributed by atoms with Gasteiger partial charge in [0.25, 0.3) is 0 Å². The molecule has 0 aromatic rings. The van der Waals surface area contributed by atoms with E-state index in [1.807, 2.05) is 20.1 Å². The molecule has 2 heteroatoms. The summed E-state index contributed by atoms with van der Waals surface area (Å²) in [4.78, 5) is 3.90. The lowest BCUT2D eigenvalue weighted by Crippen LogP contribution is -1.93. The molecule has 1 unspecified atom stereocenters. The minimum absolute atomic E-state index is 0.399. The number of aliphatic hydroxyl groups is 1. The predicted molar refractivity (Wildman–Crippen MR) is 48.9 cm³/mol. The fourth-order valence-corrected chi connectivity index (χ4v) is 0.791. The highest BCUT2D eigenvalue weighted by molar-refractivity contribution is 5.61.